The van der Waals surface area contributed by atoms with Gasteiger partial charge in [-0.25, -0.2) is 4.98 Å². The van der Waals surface area contributed by atoms with Crippen molar-refractivity contribution in [2.24, 2.45) is 11.8 Å². The summed E-state index contributed by atoms with van der Waals surface area (Å²) in [6.07, 6.45) is 4.94. The van der Waals surface area contributed by atoms with Gasteiger partial charge in [-0.05, 0) is 45.5 Å². The van der Waals surface area contributed by atoms with Crippen molar-refractivity contribution in [2.45, 2.75) is 9.62 Å². The van der Waals surface area contributed by atoms with Gasteiger partial charge in [-0.1, -0.05) is 146 Å². The predicted molar refractivity (Wildman–Crippen MR) is 173 cm³/mol. The van der Waals surface area contributed by atoms with Gasteiger partial charge in [-0.15, -0.1) is 11.8 Å². The van der Waals surface area contributed by atoms with Crippen molar-refractivity contribution in [2.75, 3.05) is 0 Å². The van der Waals surface area contributed by atoms with E-state index in [9.17, 15) is 0 Å². The highest BCUT2D eigenvalue weighted by molar-refractivity contribution is 8.02. The second-order valence-electron chi connectivity index (χ2n) is 11.5. The van der Waals surface area contributed by atoms with Crippen molar-refractivity contribution in [3.05, 3.63) is 191 Å². The normalized spacial score (nSPS) is 25.1. The fourth-order valence-corrected chi connectivity index (χ4v) is 10.1. The van der Waals surface area contributed by atoms with Crippen LogP contribution in [0, 0.1) is 11.8 Å². The largest absolute Gasteiger partial charge is 0.306 e. The van der Waals surface area contributed by atoms with Gasteiger partial charge in [-0.3, -0.25) is 0 Å². The average molecular weight is 557 g/mol. The molecule has 3 aliphatic rings. The summed E-state index contributed by atoms with van der Waals surface area (Å²) in [4.78, 5) is 5.06. The second kappa shape index (κ2) is 8.95. The monoisotopic (exact) mass is 556 g/mol. The van der Waals surface area contributed by atoms with Crippen LogP contribution in [0.1, 0.15) is 28.1 Å². The van der Waals surface area contributed by atoms with Crippen LogP contribution in [0.25, 0.3) is 16.6 Å². The van der Waals surface area contributed by atoms with Crippen LogP contribution >= 0.6 is 11.8 Å². The van der Waals surface area contributed by atoms with Crippen LogP contribution in [-0.4, -0.2) is 9.55 Å². The average Bonchev–Trinajstić information content (AvgIpc) is 3.81. The fourth-order valence-electron chi connectivity index (χ4n) is 7.87. The first kappa shape index (κ1) is 24.0. The molecule has 3 heterocycles. The summed E-state index contributed by atoms with van der Waals surface area (Å²) in [5, 5.41) is 0. The number of hydrogen-bond donors (Lipinski definition) is 0. The van der Waals surface area contributed by atoms with Crippen LogP contribution in [-0.2, 0) is 9.62 Å². The van der Waals surface area contributed by atoms with Crippen molar-refractivity contribution in [1.82, 2.24) is 9.55 Å². The zero-order valence-electron chi connectivity index (χ0n) is 23.0. The molecule has 9 rings (SSSR count). The van der Waals surface area contributed by atoms with E-state index >= 15 is 0 Å². The molecule has 3 heteroatoms. The van der Waals surface area contributed by atoms with E-state index in [2.05, 4.69) is 174 Å². The van der Waals surface area contributed by atoms with Gasteiger partial charge < -0.3 is 4.57 Å². The van der Waals surface area contributed by atoms with Gasteiger partial charge in [0, 0.05) is 11.8 Å². The summed E-state index contributed by atoms with van der Waals surface area (Å²) in [6, 6.07) is 52.9. The lowest BCUT2D eigenvalue weighted by atomic mass is 9.69. The highest BCUT2D eigenvalue weighted by Crippen LogP contribution is 2.77. The number of allylic oxidation sites excluding steroid dienone is 3. The van der Waals surface area contributed by atoms with E-state index in [1.165, 1.54) is 38.9 Å². The molecule has 0 radical (unpaired) electrons. The van der Waals surface area contributed by atoms with E-state index < -0.39 is 0 Å². The molecule has 1 aromatic heterocycles. The van der Waals surface area contributed by atoms with Crippen LogP contribution in [0.5, 0.6) is 0 Å². The van der Waals surface area contributed by atoms with Gasteiger partial charge in [0.15, 0.2) is 0 Å². The number of fused-ring (bicyclic) bond motifs is 10. The molecular weight excluding hydrogens is 529 g/mol. The van der Waals surface area contributed by atoms with E-state index in [1.807, 2.05) is 0 Å². The van der Waals surface area contributed by atoms with Gasteiger partial charge in [0.1, 0.15) is 15.4 Å². The van der Waals surface area contributed by atoms with Gasteiger partial charge in [-0.2, -0.15) is 0 Å². The maximum absolute atomic E-state index is 5.43. The molecule has 0 spiro atoms. The van der Waals surface area contributed by atoms with Crippen LogP contribution in [0.15, 0.2) is 163 Å². The highest BCUT2D eigenvalue weighted by atomic mass is 32.2. The molecule has 200 valence electrons. The zero-order chi connectivity index (χ0) is 27.7. The van der Waals surface area contributed by atoms with Gasteiger partial charge in [0.2, 0.25) is 0 Å². The van der Waals surface area contributed by atoms with Crippen LogP contribution < -0.4 is 0 Å². The SMILES string of the molecule is C1=CC2C(C1=C(c1ccccc1)c1ccccc1)[C@@]1(c3ccccc3)S[C@]2(c2ccccc2)c2nc3ccccc3n21. The molecule has 1 fully saturated rings. The molecule has 6 aromatic rings. The summed E-state index contributed by atoms with van der Waals surface area (Å²) in [5.41, 5.74) is 10.1. The lowest BCUT2D eigenvalue weighted by Gasteiger charge is -2.40. The van der Waals surface area contributed by atoms with E-state index in [0.29, 0.717) is 0 Å². The molecule has 2 unspecified atom stereocenters. The van der Waals surface area contributed by atoms with Crippen LogP contribution in [0.3, 0.4) is 0 Å². The molecule has 1 aliphatic carbocycles. The Morgan fingerprint density at radius 2 is 1.17 bits per heavy atom. The van der Waals surface area contributed by atoms with Gasteiger partial charge in [0.05, 0.1) is 11.0 Å². The van der Waals surface area contributed by atoms with Crippen LogP contribution in [0.4, 0.5) is 0 Å². The Morgan fingerprint density at radius 3 is 1.81 bits per heavy atom. The summed E-state index contributed by atoms with van der Waals surface area (Å²) >= 11 is 2.10. The third kappa shape index (κ3) is 3.04. The number of aromatic nitrogens is 2. The number of hydrogen-bond acceptors (Lipinski definition) is 2. The lowest BCUT2D eigenvalue weighted by Crippen LogP contribution is -2.43. The van der Waals surface area contributed by atoms with Gasteiger partial charge in [0.25, 0.3) is 0 Å². The number of thioether (sulfide) groups is 1. The molecule has 0 N–H and O–H groups in total. The minimum absolute atomic E-state index is 0.200. The molecule has 0 amide bonds. The fraction of sp³-hybridized carbons (Fsp3) is 0.103. The molecule has 5 aromatic carbocycles. The van der Waals surface area contributed by atoms with Crippen molar-refractivity contribution < 1.29 is 0 Å². The molecule has 2 nitrogen and oxygen atoms in total. The number of benzene rings is 5. The first-order valence-corrected chi connectivity index (χ1v) is 15.5. The quantitative estimate of drug-likeness (QED) is 0.216. The standard InChI is InChI=1S/C39H28N2S/c1-5-15-27(16-6-1)35(28-17-7-2-8-18-28)31-25-26-32-36(31)39(30-21-11-4-12-22-30)41-34-24-14-13-23-33(34)40-37(41)38(32,42-39)29-19-9-3-10-20-29/h1-26,32,36H/t32?,36?,38-,39+/m0/s1. The topological polar surface area (TPSA) is 17.8 Å². The Morgan fingerprint density at radius 1 is 0.619 bits per heavy atom. The first-order valence-electron chi connectivity index (χ1n) is 14.7. The maximum atomic E-state index is 5.43. The minimum Gasteiger partial charge on any atom is -0.306 e. The summed E-state index contributed by atoms with van der Waals surface area (Å²) in [5.74, 6) is 1.61. The molecule has 0 saturated carbocycles. The molecule has 4 atom stereocenters. The molecule has 42 heavy (non-hydrogen) atoms. The number of para-hydroxylation sites is 2. The maximum Gasteiger partial charge on any atom is 0.132 e. The van der Waals surface area contributed by atoms with Gasteiger partial charge >= 0.3 is 0 Å². The first-order chi connectivity index (χ1) is 20.8. The Hall–Kier alpha value is -4.60. The molecule has 1 saturated heterocycles. The van der Waals surface area contributed by atoms with E-state index in [1.54, 1.807) is 0 Å². The molecule has 2 aliphatic heterocycles. The van der Waals surface area contributed by atoms with E-state index in [4.69, 9.17) is 4.98 Å². The van der Waals surface area contributed by atoms with Crippen molar-refractivity contribution in [3.63, 3.8) is 0 Å². The minimum atomic E-state index is -0.374. The zero-order valence-corrected chi connectivity index (χ0v) is 23.8. The number of imidazole rings is 1. The lowest BCUT2D eigenvalue weighted by molar-refractivity contribution is 0.281. The molecular formula is C39H28N2S. The summed E-state index contributed by atoms with van der Waals surface area (Å²) < 4.78 is 2.29. The van der Waals surface area contributed by atoms with E-state index in [-0.39, 0.29) is 21.5 Å². The predicted octanol–water partition coefficient (Wildman–Crippen LogP) is 9.05. The number of rotatable bonds is 4. The van der Waals surface area contributed by atoms with Crippen LogP contribution in [0.2, 0.25) is 0 Å². The highest BCUT2D eigenvalue weighted by Gasteiger charge is 2.73. The third-order valence-electron chi connectivity index (χ3n) is 9.41. The van der Waals surface area contributed by atoms with Crippen molar-refractivity contribution in [3.8, 4) is 0 Å². The Bertz CT molecular complexity index is 1970. The third-order valence-corrected chi connectivity index (χ3v) is 11.4. The van der Waals surface area contributed by atoms with E-state index in [0.717, 1.165) is 11.3 Å². The molecule has 2 bridgehead atoms. The summed E-state index contributed by atoms with van der Waals surface area (Å²) in [7, 11) is 0. The Balaban J connectivity index is 1.43. The van der Waals surface area contributed by atoms with Crippen molar-refractivity contribution >= 4 is 28.4 Å². The second-order valence-corrected chi connectivity index (χ2v) is 12.9. The Kier molecular flexibility index (Phi) is 5.12. The summed E-state index contributed by atoms with van der Waals surface area (Å²) in [6.45, 7) is 0. The Labute approximate surface area is 250 Å². The number of nitrogens with zero attached hydrogens (tertiary/aromatic N) is 2. The van der Waals surface area contributed by atoms with Crippen molar-refractivity contribution in [1.29, 1.82) is 0 Å². The smallest absolute Gasteiger partial charge is 0.132 e.